The molecule has 0 aliphatic carbocycles. The number of rotatable bonds is 5. The maximum absolute atomic E-state index is 13.5. The van der Waals surface area contributed by atoms with Crippen molar-refractivity contribution in [3.8, 4) is 0 Å². The minimum atomic E-state index is -0.529. The number of benzene rings is 1. The summed E-state index contributed by atoms with van der Waals surface area (Å²) in [7, 11) is 0. The Bertz CT molecular complexity index is 371. The van der Waals surface area contributed by atoms with Gasteiger partial charge in [-0.3, -0.25) is 4.79 Å². The highest BCUT2D eigenvalue weighted by molar-refractivity contribution is 9.10. The van der Waals surface area contributed by atoms with E-state index in [2.05, 4.69) is 21.2 Å². The zero-order valence-corrected chi connectivity index (χ0v) is 10.4. The molecule has 5 heteroatoms. The first-order valence-corrected chi connectivity index (χ1v) is 5.88. The first kappa shape index (κ1) is 13.1. The van der Waals surface area contributed by atoms with E-state index in [1.54, 1.807) is 12.1 Å². The topological polar surface area (TPSA) is 55.1 Å². The lowest BCUT2D eigenvalue weighted by atomic mass is 10.2. The smallest absolute Gasteiger partial charge is 0.254 e. The van der Waals surface area contributed by atoms with Crippen LogP contribution in [0.1, 0.15) is 23.2 Å². The lowest BCUT2D eigenvalue weighted by Crippen LogP contribution is -2.25. The summed E-state index contributed by atoms with van der Waals surface area (Å²) in [5.41, 5.74) is 5.38. The molecule has 0 aromatic heterocycles. The van der Waals surface area contributed by atoms with Crippen LogP contribution in [-0.2, 0) is 0 Å². The van der Waals surface area contributed by atoms with E-state index >= 15 is 0 Å². The van der Waals surface area contributed by atoms with Gasteiger partial charge in [0.1, 0.15) is 5.82 Å². The summed E-state index contributed by atoms with van der Waals surface area (Å²) in [6.07, 6.45) is 1.65. The minimum absolute atomic E-state index is 0.0575. The molecule has 0 saturated heterocycles. The second-order valence-corrected chi connectivity index (χ2v) is 4.21. The van der Waals surface area contributed by atoms with Crippen molar-refractivity contribution < 1.29 is 9.18 Å². The molecule has 0 atom stereocenters. The van der Waals surface area contributed by atoms with Crippen LogP contribution in [0.5, 0.6) is 0 Å². The number of carbonyl (C=O) groups excluding carboxylic acids is 1. The van der Waals surface area contributed by atoms with E-state index in [0.717, 1.165) is 12.8 Å². The number of unbranched alkanes of at least 4 members (excludes halogenated alkanes) is 1. The van der Waals surface area contributed by atoms with Gasteiger partial charge in [-0.2, -0.15) is 0 Å². The SMILES string of the molecule is NCCCCNC(=O)c1cccc(Br)c1F. The van der Waals surface area contributed by atoms with Crippen molar-refractivity contribution in [2.75, 3.05) is 13.1 Å². The Kier molecular flexibility index (Phi) is 5.42. The number of nitrogens with one attached hydrogen (secondary N) is 1. The molecule has 0 heterocycles. The van der Waals surface area contributed by atoms with Gasteiger partial charge in [0.05, 0.1) is 10.0 Å². The number of amides is 1. The molecule has 0 saturated carbocycles. The summed E-state index contributed by atoms with van der Waals surface area (Å²) in [4.78, 5) is 11.6. The van der Waals surface area contributed by atoms with Crippen LogP contribution in [0.3, 0.4) is 0 Å². The van der Waals surface area contributed by atoms with Crippen molar-refractivity contribution in [1.82, 2.24) is 5.32 Å². The predicted octanol–water partition coefficient (Wildman–Crippen LogP) is 2.06. The summed E-state index contributed by atoms with van der Waals surface area (Å²) in [6, 6.07) is 4.64. The fourth-order valence-electron chi connectivity index (χ4n) is 1.25. The average molecular weight is 289 g/mol. The molecule has 88 valence electrons. The highest BCUT2D eigenvalue weighted by Gasteiger charge is 2.12. The summed E-state index contributed by atoms with van der Waals surface area (Å²) in [5, 5.41) is 2.65. The third-order valence-corrected chi connectivity index (χ3v) is 2.73. The lowest BCUT2D eigenvalue weighted by molar-refractivity contribution is 0.0949. The normalized spacial score (nSPS) is 10.2. The largest absolute Gasteiger partial charge is 0.352 e. The summed E-state index contributed by atoms with van der Waals surface area (Å²) in [5.74, 6) is -0.922. The molecule has 0 bridgehead atoms. The van der Waals surface area contributed by atoms with Gasteiger partial charge in [0.2, 0.25) is 0 Å². The third-order valence-electron chi connectivity index (χ3n) is 2.11. The monoisotopic (exact) mass is 288 g/mol. The van der Waals surface area contributed by atoms with Gasteiger partial charge in [0, 0.05) is 6.54 Å². The van der Waals surface area contributed by atoms with Crippen LogP contribution in [0, 0.1) is 5.82 Å². The first-order chi connectivity index (χ1) is 7.66. The van der Waals surface area contributed by atoms with Crippen molar-refractivity contribution in [2.24, 2.45) is 5.73 Å². The van der Waals surface area contributed by atoms with Crippen molar-refractivity contribution >= 4 is 21.8 Å². The Morgan fingerprint density at radius 1 is 1.44 bits per heavy atom. The molecule has 1 amide bonds. The van der Waals surface area contributed by atoms with Gasteiger partial charge in [-0.1, -0.05) is 6.07 Å². The molecular weight excluding hydrogens is 275 g/mol. The summed E-state index contributed by atoms with van der Waals surface area (Å²) in [6.45, 7) is 1.11. The number of carbonyl (C=O) groups is 1. The van der Waals surface area contributed by atoms with E-state index < -0.39 is 11.7 Å². The van der Waals surface area contributed by atoms with E-state index in [9.17, 15) is 9.18 Å². The zero-order chi connectivity index (χ0) is 12.0. The molecule has 0 aliphatic heterocycles. The maximum atomic E-state index is 13.5. The van der Waals surface area contributed by atoms with Crippen molar-refractivity contribution in [1.29, 1.82) is 0 Å². The molecule has 1 aromatic rings. The number of hydrogen-bond acceptors (Lipinski definition) is 2. The first-order valence-electron chi connectivity index (χ1n) is 5.09. The van der Waals surface area contributed by atoms with Gasteiger partial charge in [-0.15, -0.1) is 0 Å². The van der Waals surface area contributed by atoms with Gasteiger partial charge in [-0.05, 0) is 47.4 Å². The fourth-order valence-corrected chi connectivity index (χ4v) is 1.61. The maximum Gasteiger partial charge on any atom is 0.254 e. The van der Waals surface area contributed by atoms with Gasteiger partial charge in [0.25, 0.3) is 5.91 Å². The van der Waals surface area contributed by atoms with Crippen LogP contribution in [0.15, 0.2) is 22.7 Å². The number of nitrogens with two attached hydrogens (primary N) is 1. The molecule has 0 fully saturated rings. The van der Waals surface area contributed by atoms with E-state index in [0.29, 0.717) is 17.6 Å². The molecule has 16 heavy (non-hydrogen) atoms. The second-order valence-electron chi connectivity index (χ2n) is 3.35. The van der Waals surface area contributed by atoms with E-state index in [-0.39, 0.29) is 5.56 Å². The number of halogens is 2. The molecule has 3 N–H and O–H groups in total. The van der Waals surface area contributed by atoms with Crippen LogP contribution in [-0.4, -0.2) is 19.0 Å². The predicted molar refractivity (Wildman–Crippen MR) is 64.7 cm³/mol. The molecule has 0 spiro atoms. The minimum Gasteiger partial charge on any atom is -0.352 e. The molecule has 0 radical (unpaired) electrons. The van der Waals surface area contributed by atoms with Crippen molar-refractivity contribution in [3.05, 3.63) is 34.1 Å². The number of hydrogen-bond donors (Lipinski definition) is 2. The highest BCUT2D eigenvalue weighted by Crippen LogP contribution is 2.18. The summed E-state index contributed by atoms with van der Waals surface area (Å²) >= 11 is 3.04. The zero-order valence-electron chi connectivity index (χ0n) is 8.80. The molecule has 0 unspecified atom stereocenters. The van der Waals surface area contributed by atoms with Crippen LogP contribution in [0.2, 0.25) is 0 Å². The lowest BCUT2D eigenvalue weighted by Gasteiger charge is -2.06. The summed E-state index contributed by atoms with van der Waals surface area (Å²) < 4.78 is 13.8. The molecule has 0 aliphatic rings. The van der Waals surface area contributed by atoms with Gasteiger partial charge >= 0.3 is 0 Å². The van der Waals surface area contributed by atoms with E-state index in [4.69, 9.17) is 5.73 Å². The van der Waals surface area contributed by atoms with E-state index in [1.807, 2.05) is 0 Å². The molecule has 1 aromatic carbocycles. The highest BCUT2D eigenvalue weighted by atomic mass is 79.9. The Labute approximate surface area is 102 Å². The Morgan fingerprint density at radius 3 is 2.88 bits per heavy atom. The van der Waals surface area contributed by atoms with Crippen LogP contribution >= 0.6 is 15.9 Å². The molecule has 1 rings (SSSR count). The van der Waals surface area contributed by atoms with Gasteiger partial charge in [-0.25, -0.2) is 4.39 Å². The van der Waals surface area contributed by atoms with Crippen molar-refractivity contribution in [3.63, 3.8) is 0 Å². The average Bonchev–Trinajstić information content (AvgIpc) is 2.28. The standard InChI is InChI=1S/C11H14BrFN2O/c12-9-5-3-4-8(10(9)13)11(16)15-7-2-1-6-14/h3-5H,1-2,6-7,14H2,(H,15,16). The van der Waals surface area contributed by atoms with Crippen LogP contribution < -0.4 is 11.1 Å². The Balaban J connectivity index is 2.56. The van der Waals surface area contributed by atoms with Crippen LogP contribution in [0.25, 0.3) is 0 Å². The van der Waals surface area contributed by atoms with Gasteiger partial charge < -0.3 is 11.1 Å². The molecule has 3 nitrogen and oxygen atoms in total. The second kappa shape index (κ2) is 6.60. The Hall–Kier alpha value is -0.940. The third kappa shape index (κ3) is 3.57. The van der Waals surface area contributed by atoms with Crippen LogP contribution in [0.4, 0.5) is 4.39 Å². The van der Waals surface area contributed by atoms with Crippen molar-refractivity contribution in [2.45, 2.75) is 12.8 Å². The quantitative estimate of drug-likeness (QED) is 0.815. The molecular formula is C11H14BrFN2O. The fraction of sp³-hybridized carbons (Fsp3) is 0.364. The Morgan fingerprint density at radius 2 is 2.19 bits per heavy atom. The van der Waals surface area contributed by atoms with Gasteiger partial charge in [0.15, 0.2) is 0 Å². The van der Waals surface area contributed by atoms with E-state index in [1.165, 1.54) is 6.07 Å².